The molecule has 5 nitrogen and oxygen atoms in total. The second-order valence-electron chi connectivity index (χ2n) is 5.07. The van der Waals surface area contributed by atoms with Gasteiger partial charge in [-0.15, -0.1) is 24.0 Å². The van der Waals surface area contributed by atoms with Crippen molar-refractivity contribution in [2.24, 2.45) is 10.9 Å². The number of methoxy groups -OCH3 is 1. The number of ether oxygens (including phenoxy) is 1. The van der Waals surface area contributed by atoms with Gasteiger partial charge in [-0.2, -0.15) is 0 Å². The molecule has 0 bridgehead atoms. The fraction of sp³-hybridized carbons (Fsp3) is 0.500. The molecule has 1 unspecified atom stereocenters. The quantitative estimate of drug-likeness (QED) is 0.311. The molecule has 7 heteroatoms. The second-order valence-corrected chi connectivity index (χ2v) is 5.47. The van der Waals surface area contributed by atoms with Gasteiger partial charge in [-0.05, 0) is 18.6 Å². The number of hydrogen-bond acceptors (Lipinski definition) is 3. The summed E-state index contributed by atoms with van der Waals surface area (Å²) in [4.78, 5) is 17.9. The average Bonchev–Trinajstić information content (AvgIpc) is 2.52. The molecule has 1 aromatic carbocycles. The third-order valence-corrected chi connectivity index (χ3v) is 3.55. The summed E-state index contributed by atoms with van der Waals surface area (Å²) in [5.74, 6) is 0.207. The van der Waals surface area contributed by atoms with Crippen LogP contribution in [0.3, 0.4) is 0 Å². The van der Waals surface area contributed by atoms with Gasteiger partial charge >= 0.3 is 5.97 Å². The summed E-state index contributed by atoms with van der Waals surface area (Å²) in [5, 5.41) is 3.94. The van der Waals surface area contributed by atoms with Crippen molar-refractivity contribution in [3.05, 3.63) is 34.9 Å². The van der Waals surface area contributed by atoms with E-state index >= 15 is 0 Å². The van der Waals surface area contributed by atoms with Crippen molar-refractivity contribution < 1.29 is 9.53 Å². The fourth-order valence-corrected chi connectivity index (χ4v) is 2.12. The molecule has 0 aromatic heterocycles. The van der Waals surface area contributed by atoms with Crippen LogP contribution in [0.2, 0.25) is 5.02 Å². The maximum absolute atomic E-state index is 11.4. The summed E-state index contributed by atoms with van der Waals surface area (Å²) in [6.07, 6.45) is 0. The van der Waals surface area contributed by atoms with Gasteiger partial charge in [-0.25, -0.2) is 0 Å². The summed E-state index contributed by atoms with van der Waals surface area (Å²) in [6, 6.07) is 7.72. The third-order valence-electron chi connectivity index (χ3n) is 3.18. The molecule has 0 amide bonds. The Kier molecular flexibility index (Phi) is 11.0. The Bertz CT molecular complexity index is 526. The van der Waals surface area contributed by atoms with Crippen molar-refractivity contribution >= 4 is 47.5 Å². The maximum Gasteiger partial charge on any atom is 0.310 e. The topological polar surface area (TPSA) is 53.9 Å². The summed E-state index contributed by atoms with van der Waals surface area (Å²) >= 11 is 6.19. The number of nitrogens with one attached hydrogen (secondary N) is 1. The van der Waals surface area contributed by atoms with E-state index < -0.39 is 0 Å². The van der Waals surface area contributed by atoms with E-state index in [-0.39, 0.29) is 35.9 Å². The number of esters is 1. The van der Waals surface area contributed by atoms with Crippen molar-refractivity contribution in [3.63, 3.8) is 0 Å². The first-order chi connectivity index (χ1) is 10.5. The number of guanidine groups is 1. The van der Waals surface area contributed by atoms with Crippen molar-refractivity contribution in [3.8, 4) is 0 Å². The summed E-state index contributed by atoms with van der Waals surface area (Å²) in [5.41, 5.74) is 1.03. The molecule has 0 radical (unpaired) electrons. The molecule has 0 heterocycles. The summed E-state index contributed by atoms with van der Waals surface area (Å²) < 4.78 is 4.72. The Morgan fingerprint density at radius 3 is 2.65 bits per heavy atom. The van der Waals surface area contributed by atoms with E-state index in [0.717, 1.165) is 23.1 Å². The number of nitrogens with zero attached hydrogens (tertiary/aromatic N) is 2. The van der Waals surface area contributed by atoms with E-state index in [4.69, 9.17) is 16.3 Å². The van der Waals surface area contributed by atoms with Crippen molar-refractivity contribution in [2.75, 3.05) is 27.2 Å². The lowest BCUT2D eigenvalue weighted by Gasteiger charge is -2.23. The first kappa shape index (κ1) is 22.0. The zero-order chi connectivity index (χ0) is 16.5. The Morgan fingerprint density at radius 2 is 2.09 bits per heavy atom. The van der Waals surface area contributed by atoms with Gasteiger partial charge in [0, 0.05) is 25.2 Å². The smallest absolute Gasteiger partial charge is 0.310 e. The standard InChI is InChI=1S/C16H24ClN3O2.HI/c1-5-18-16(19-10-12(2)15(21)22-4)20(3)11-13-8-6-7-9-14(13)17;/h6-9,12H,5,10-11H2,1-4H3,(H,18,19);1H. The van der Waals surface area contributed by atoms with Crippen LogP contribution in [-0.4, -0.2) is 44.1 Å². The van der Waals surface area contributed by atoms with E-state index in [2.05, 4.69) is 10.3 Å². The van der Waals surface area contributed by atoms with Crippen molar-refractivity contribution in [1.82, 2.24) is 10.2 Å². The van der Waals surface area contributed by atoms with Gasteiger partial charge in [0.15, 0.2) is 5.96 Å². The Morgan fingerprint density at radius 1 is 1.43 bits per heavy atom. The Balaban J connectivity index is 0.00000484. The molecule has 0 saturated heterocycles. The molecule has 1 atom stereocenters. The number of halogens is 2. The fourth-order valence-electron chi connectivity index (χ4n) is 1.93. The minimum atomic E-state index is -0.271. The number of aliphatic imine (C=N–C) groups is 1. The predicted molar refractivity (Wildman–Crippen MR) is 105 cm³/mol. The molecule has 23 heavy (non-hydrogen) atoms. The number of carbonyl (C=O) groups is 1. The van der Waals surface area contributed by atoms with Gasteiger partial charge in [0.2, 0.25) is 0 Å². The van der Waals surface area contributed by atoms with Crippen LogP contribution in [0.4, 0.5) is 0 Å². The number of rotatable bonds is 6. The van der Waals surface area contributed by atoms with Gasteiger partial charge in [-0.3, -0.25) is 9.79 Å². The van der Waals surface area contributed by atoms with E-state index in [9.17, 15) is 4.79 Å². The molecular weight excluding hydrogens is 429 g/mol. The number of benzene rings is 1. The van der Waals surface area contributed by atoms with Gasteiger partial charge in [0.1, 0.15) is 0 Å². The van der Waals surface area contributed by atoms with Gasteiger partial charge in [0.25, 0.3) is 0 Å². The summed E-state index contributed by atoms with van der Waals surface area (Å²) in [6.45, 7) is 5.56. The highest BCUT2D eigenvalue weighted by atomic mass is 127. The van der Waals surface area contributed by atoms with Crippen LogP contribution in [0.25, 0.3) is 0 Å². The molecule has 0 fully saturated rings. The molecule has 0 aliphatic rings. The van der Waals surface area contributed by atoms with E-state index in [1.807, 2.05) is 43.1 Å². The molecule has 1 aromatic rings. The third kappa shape index (κ3) is 7.39. The molecule has 0 aliphatic carbocycles. The second kappa shape index (κ2) is 11.5. The van der Waals surface area contributed by atoms with E-state index in [1.165, 1.54) is 7.11 Å². The monoisotopic (exact) mass is 453 g/mol. The Labute approximate surface area is 160 Å². The van der Waals surface area contributed by atoms with E-state index in [0.29, 0.717) is 13.1 Å². The SMILES string of the molecule is CCNC(=NCC(C)C(=O)OC)N(C)Cc1ccccc1Cl.I. The van der Waals surface area contributed by atoms with Gasteiger partial charge in [-0.1, -0.05) is 36.7 Å². The zero-order valence-electron chi connectivity index (χ0n) is 14.0. The van der Waals surface area contributed by atoms with Crippen LogP contribution < -0.4 is 5.32 Å². The van der Waals surface area contributed by atoms with Crippen LogP contribution in [0.15, 0.2) is 29.3 Å². The van der Waals surface area contributed by atoms with Crippen LogP contribution in [0.1, 0.15) is 19.4 Å². The van der Waals surface area contributed by atoms with Crippen molar-refractivity contribution in [1.29, 1.82) is 0 Å². The highest BCUT2D eigenvalue weighted by molar-refractivity contribution is 14.0. The minimum Gasteiger partial charge on any atom is -0.469 e. The predicted octanol–water partition coefficient (Wildman–Crippen LogP) is 3.16. The van der Waals surface area contributed by atoms with Gasteiger partial charge < -0.3 is 15.0 Å². The molecular formula is C16H25ClIN3O2. The van der Waals surface area contributed by atoms with Crippen LogP contribution in [0, 0.1) is 5.92 Å². The van der Waals surface area contributed by atoms with E-state index in [1.54, 1.807) is 6.92 Å². The van der Waals surface area contributed by atoms with Crippen LogP contribution in [-0.2, 0) is 16.1 Å². The first-order valence-corrected chi connectivity index (χ1v) is 7.68. The molecule has 0 spiro atoms. The Hall–Kier alpha value is -1.02. The highest BCUT2D eigenvalue weighted by Crippen LogP contribution is 2.16. The molecule has 0 saturated carbocycles. The van der Waals surface area contributed by atoms with Gasteiger partial charge in [0.05, 0.1) is 19.6 Å². The van der Waals surface area contributed by atoms with Crippen molar-refractivity contribution in [2.45, 2.75) is 20.4 Å². The highest BCUT2D eigenvalue weighted by Gasteiger charge is 2.14. The largest absolute Gasteiger partial charge is 0.469 e. The first-order valence-electron chi connectivity index (χ1n) is 7.30. The molecule has 1 rings (SSSR count). The summed E-state index contributed by atoms with van der Waals surface area (Å²) in [7, 11) is 3.32. The minimum absolute atomic E-state index is 0. The zero-order valence-corrected chi connectivity index (χ0v) is 17.1. The average molecular weight is 454 g/mol. The number of hydrogen-bond donors (Lipinski definition) is 1. The molecule has 0 aliphatic heterocycles. The molecule has 130 valence electrons. The lowest BCUT2D eigenvalue weighted by atomic mass is 10.2. The van der Waals surface area contributed by atoms with Crippen LogP contribution >= 0.6 is 35.6 Å². The van der Waals surface area contributed by atoms with Crippen LogP contribution in [0.5, 0.6) is 0 Å². The lowest BCUT2D eigenvalue weighted by molar-refractivity contribution is -0.144. The molecule has 1 N–H and O–H groups in total. The lowest BCUT2D eigenvalue weighted by Crippen LogP contribution is -2.39. The maximum atomic E-state index is 11.4. The number of carbonyl (C=O) groups excluding carboxylic acids is 1. The normalized spacial score (nSPS) is 12.1.